The van der Waals surface area contributed by atoms with Gasteiger partial charge in [-0.1, -0.05) is 20.3 Å². The van der Waals surface area contributed by atoms with Crippen LogP contribution in [0.15, 0.2) is 0 Å². The topological polar surface area (TPSA) is 40.5 Å². The van der Waals surface area contributed by atoms with Gasteiger partial charge in [0.25, 0.3) is 0 Å². The van der Waals surface area contributed by atoms with Crippen molar-refractivity contribution in [1.82, 2.24) is 4.90 Å². The molecule has 1 rings (SSSR count). The second-order valence-corrected chi connectivity index (χ2v) is 5.81. The molecule has 1 aliphatic heterocycles. The Morgan fingerprint density at radius 2 is 2.00 bits per heavy atom. The van der Waals surface area contributed by atoms with Crippen LogP contribution >= 0.6 is 0 Å². The van der Waals surface area contributed by atoms with Crippen LogP contribution in [0.1, 0.15) is 59.3 Å². The van der Waals surface area contributed by atoms with Crippen LogP contribution in [0, 0.1) is 5.92 Å². The number of aliphatic carboxylic acids is 1. The Kier molecular flexibility index (Phi) is 5.96. The number of carboxylic acids is 1. The third-order valence-electron chi connectivity index (χ3n) is 3.81. The fraction of sp³-hybridized carbons (Fsp3) is 0.929. The zero-order valence-electron chi connectivity index (χ0n) is 11.5. The summed E-state index contributed by atoms with van der Waals surface area (Å²) in [5.74, 6) is 0.0816. The van der Waals surface area contributed by atoms with Crippen molar-refractivity contribution in [3.05, 3.63) is 0 Å². The lowest BCUT2D eigenvalue weighted by atomic mass is 9.95. The summed E-state index contributed by atoms with van der Waals surface area (Å²) in [6.45, 7) is 7.83. The van der Waals surface area contributed by atoms with Crippen LogP contribution in [0.2, 0.25) is 0 Å². The normalized spacial score (nSPS) is 23.9. The van der Waals surface area contributed by atoms with Gasteiger partial charge in [-0.25, -0.2) is 0 Å². The first-order chi connectivity index (χ1) is 8.00. The highest BCUT2D eigenvalue weighted by Crippen LogP contribution is 2.24. The molecule has 0 bridgehead atoms. The van der Waals surface area contributed by atoms with E-state index in [1.807, 2.05) is 0 Å². The predicted molar refractivity (Wildman–Crippen MR) is 70.1 cm³/mol. The van der Waals surface area contributed by atoms with E-state index in [9.17, 15) is 4.79 Å². The first-order valence-corrected chi connectivity index (χ1v) is 6.98. The first-order valence-electron chi connectivity index (χ1n) is 6.98. The highest BCUT2D eigenvalue weighted by molar-refractivity contribution is 5.67. The molecule has 1 saturated heterocycles. The highest BCUT2D eigenvalue weighted by atomic mass is 16.4. The lowest BCUT2D eigenvalue weighted by Gasteiger charge is -2.39. The molecule has 0 aromatic carbocycles. The minimum absolute atomic E-state index is 0.267. The van der Waals surface area contributed by atoms with Gasteiger partial charge in [0.15, 0.2) is 0 Å². The molecular weight excluding hydrogens is 214 g/mol. The second-order valence-electron chi connectivity index (χ2n) is 5.81. The quantitative estimate of drug-likeness (QED) is 0.776. The molecule has 1 heterocycles. The van der Waals surface area contributed by atoms with Crippen molar-refractivity contribution in [2.75, 3.05) is 6.54 Å². The SMILES string of the molecule is CC(C)CCC(C)N1CCCCC1CC(=O)O. The molecule has 100 valence electrons. The van der Waals surface area contributed by atoms with E-state index >= 15 is 0 Å². The first kappa shape index (κ1) is 14.5. The number of hydrogen-bond acceptors (Lipinski definition) is 2. The molecule has 1 fully saturated rings. The van der Waals surface area contributed by atoms with Crippen molar-refractivity contribution in [1.29, 1.82) is 0 Å². The maximum Gasteiger partial charge on any atom is 0.304 e. The third kappa shape index (κ3) is 5.07. The number of hydrogen-bond donors (Lipinski definition) is 1. The fourth-order valence-corrected chi connectivity index (χ4v) is 2.76. The van der Waals surface area contributed by atoms with Gasteiger partial charge >= 0.3 is 5.97 Å². The van der Waals surface area contributed by atoms with E-state index in [0.717, 1.165) is 18.9 Å². The number of nitrogens with zero attached hydrogens (tertiary/aromatic N) is 1. The van der Waals surface area contributed by atoms with Crippen LogP contribution in [0.25, 0.3) is 0 Å². The average molecular weight is 241 g/mol. The maximum absolute atomic E-state index is 10.9. The van der Waals surface area contributed by atoms with Crippen LogP contribution in [0.4, 0.5) is 0 Å². The van der Waals surface area contributed by atoms with Gasteiger partial charge in [-0.15, -0.1) is 0 Å². The molecule has 0 radical (unpaired) electrons. The van der Waals surface area contributed by atoms with Gasteiger partial charge in [-0.3, -0.25) is 9.69 Å². The predicted octanol–water partition coefficient (Wildman–Crippen LogP) is 3.14. The second kappa shape index (κ2) is 7.00. The molecule has 0 spiro atoms. The Morgan fingerprint density at radius 3 is 2.59 bits per heavy atom. The van der Waals surface area contributed by atoms with Crippen LogP contribution < -0.4 is 0 Å². The molecule has 0 aliphatic carbocycles. The van der Waals surface area contributed by atoms with Gasteiger partial charge in [0.05, 0.1) is 6.42 Å². The van der Waals surface area contributed by atoms with E-state index in [-0.39, 0.29) is 6.04 Å². The van der Waals surface area contributed by atoms with Gasteiger partial charge in [0.1, 0.15) is 0 Å². The van der Waals surface area contributed by atoms with Crippen LogP contribution in [-0.4, -0.2) is 34.6 Å². The van der Waals surface area contributed by atoms with E-state index < -0.39 is 5.97 Å². The van der Waals surface area contributed by atoms with Gasteiger partial charge in [0, 0.05) is 12.1 Å². The summed E-state index contributed by atoms with van der Waals surface area (Å²) in [5, 5.41) is 8.96. The molecule has 1 aliphatic rings. The average Bonchev–Trinajstić information content (AvgIpc) is 2.25. The number of carbonyl (C=O) groups is 1. The molecule has 0 aromatic heterocycles. The minimum atomic E-state index is -0.655. The summed E-state index contributed by atoms with van der Waals surface area (Å²) >= 11 is 0. The zero-order chi connectivity index (χ0) is 12.8. The Labute approximate surface area is 105 Å². The van der Waals surface area contributed by atoms with E-state index in [1.54, 1.807) is 0 Å². The van der Waals surface area contributed by atoms with Crippen molar-refractivity contribution in [3.8, 4) is 0 Å². The Hall–Kier alpha value is -0.570. The molecule has 0 aromatic rings. The molecule has 17 heavy (non-hydrogen) atoms. The van der Waals surface area contributed by atoms with Gasteiger partial charge < -0.3 is 5.11 Å². The highest BCUT2D eigenvalue weighted by Gasteiger charge is 2.27. The lowest BCUT2D eigenvalue weighted by molar-refractivity contribution is -0.139. The van der Waals surface area contributed by atoms with E-state index in [2.05, 4.69) is 25.7 Å². The van der Waals surface area contributed by atoms with Crippen molar-refractivity contribution >= 4 is 5.97 Å². The van der Waals surface area contributed by atoms with E-state index in [1.165, 1.54) is 25.7 Å². The van der Waals surface area contributed by atoms with Crippen molar-refractivity contribution < 1.29 is 9.90 Å². The van der Waals surface area contributed by atoms with Crippen LogP contribution in [0.5, 0.6) is 0 Å². The Bertz CT molecular complexity index is 240. The summed E-state index contributed by atoms with van der Waals surface area (Å²) in [4.78, 5) is 13.3. The molecule has 2 unspecified atom stereocenters. The summed E-state index contributed by atoms with van der Waals surface area (Å²) in [5.41, 5.74) is 0. The van der Waals surface area contributed by atoms with Crippen molar-refractivity contribution in [2.45, 2.75) is 71.4 Å². The molecule has 2 atom stereocenters. The number of piperidine rings is 1. The summed E-state index contributed by atoms with van der Waals surface area (Å²) < 4.78 is 0. The molecule has 3 heteroatoms. The number of carboxylic acid groups (broad SMARTS) is 1. The molecule has 1 N–H and O–H groups in total. The summed E-state index contributed by atoms with van der Waals surface area (Å²) in [7, 11) is 0. The number of likely N-dealkylation sites (tertiary alicyclic amines) is 1. The maximum atomic E-state index is 10.9. The Morgan fingerprint density at radius 1 is 1.29 bits per heavy atom. The third-order valence-corrected chi connectivity index (χ3v) is 3.81. The molecule has 0 amide bonds. The largest absolute Gasteiger partial charge is 0.481 e. The van der Waals surface area contributed by atoms with Crippen LogP contribution in [-0.2, 0) is 4.79 Å². The van der Waals surface area contributed by atoms with E-state index in [4.69, 9.17) is 5.11 Å². The summed E-state index contributed by atoms with van der Waals surface area (Å²) in [6.07, 6.45) is 6.20. The van der Waals surface area contributed by atoms with Crippen LogP contribution in [0.3, 0.4) is 0 Å². The van der Waals surface area contributed by atoms with Gasteiger partial charge in [-0.2, -0.15) is 0 Å². The van der Waals surface area contributed by atoms with Crippen molar-refractivity contribution in [2.24, 2.45) is 5.92 Å². The standard InChI is InChI=1S/C14H27NO2/c1-11(2)7-8-12(3)15-9-5-4-6-13(15)10-14(16)17/h11-13H,4-10H2,1-3H3,(H,16,17). The summed E-state index contributed by atoms with van der Waals surface area (Å²) in [6, 6.07) is 0.797. The molecule has 0 saturated carbocycles. The molecular formula is C14H27NO2. The minimum Gasteiger partial charge on any atom is -0.481 e. The van der Waals surface area contributed by atoms with Gasteiger partial charge in [-0.05, 0) is 45.1 Å². The number of rotatable bonds is 6. The Balaban J connectivity index is 2.48. The monoisotopic (exact) mass is 241 g/mol. The van der Waals surface area contributed by atoms with E-state index in [0.29, 0.717) is 12.5 Å². The lowest BCUT2D eigenvalue weighted by Crippen LogP contribution is -2.46. The van der Waals surface area contributed by atoms with Gasteiger partial charge in [0.2, 0.25) is 0 Å². The molecule has 3 nitrogen and oxygen atoms in total. The van der Waals surface area contributed by atoms with Crippen molar-refractivity contribution in [3.63, 3.8) is 0 Å². The smallest absolute Gasteiger partial charge is 0.304 e. The fourth-order valence-electron chi connectivity index (χ4n) is 2.76. The zero-order valence-corrected chi connectivity index (χ0v) is 11.5.